The Morgan fingerprint density at radius 2 is 1.61 bits per heavy atom. The number of nitrogens with two attached hydrogens (primary N) is 1. The molecule has 3 aliphatic rings. The number of benzene rings is 1. The molecule has 7 heterocycles. The number of aryl methyl sites for hydroxylation is 1. The number of amides is 4. The van der Waals surface area contributed by atoms with Gasteiger partial charge in [0.1, 0.15) is 5.69 Å². The van der Waals surface area contributed by atoms with E-state index < -0.39 is 23.7 Å². The number of hydrogen-bond acceptors (Lipinski definition) is 10. The summed E-state index contributed by atoms with van der Waals surface area (Å²) in [7, 11) is 3.11. The highest BCUT2D eigenvalue weighted by Crippen LogP contribution is 2.37. The van der Waals surface area contributed by atoms with E-state index >= 15 is 0 Å². The summed E-state index contributed by atoms with van der Waals surface area (Å²) in [6.45, 7) is 5.22. The highest BCUT2D eigenvalue weighted by molar-refractivity contribution is 6.34. The number of hydrogen-bond donors (Lipinski definition) is 3. The van der Waals surface area contributed by atoms with Crippen molar-refractivity contribution in [2.45, 2.75) is 25.4 Å². The monoisotopic (exact) mass is 951 g/mol. The second kappa shape index (κ2) is 19.1. The van der Waals surface area contributed by atoms with E-state index in [2.05, 4.69) is 20.4 Å². The Morgan fingerprint density at radius 1 is 0.925 bits per heavy atom. The minimum Gasteiger partial charge on any atom is -0.477 e. The molecule has 3 saturated heterocycles. The number of carboxylic acids is 1. The third kappa shape index (κ3) is 9.74. The zero-order valence-electron chi connectivity index (χ0n) is 37.0. The van der Waals surface area contributed by atoms with E-state index in [9.17, 15) is 42.3 Å². The molecule has 0 bridgehead atoms. The van der Waals surface area contributed by atoms with Crippen molar-refractivity contribution in [1.29, 1.82) is 0 Å². The molecule has 19 nitrogen and oxygen atoms in total. The lowest BCUT2D eigenvalue weighted by Crippen LogP contribution is -2.58. The van der Waals surface area contributed by atoms with Crippen molar-refractivity contribution in [2.24, 2.45) is 25.7 Å². The van der Waals surface area contributed by atoms with Crippen LogP contribution in [0, 0.1) is 5.92 Å². The number of piperazine rings is 1. The molecular formula is C44H51ClF3N12O7+. The summed E-state index contributed by atoms with van der Waals surface area (Å²) in [5.74, 6) is -2.59. The number of carboxylic acid groups (broad SMARTS) is 1. The Hall–Kier alpha value is -6.36. The number of nitrogens with zero attached hydrogens (tertiary/aromatic N) is 10. The van der Waals surface area contributed by atoms with Crippen LogP contribution in [-0.4, -0.2) is 168 Å². The molecule has 1 aromatic carbocycles. The summed E-state index contributed by atoms with van der Waals surface area (Å²) in [6.07, 6.45) is -0.745. The second-order valence-corrected chi connectivity index (χ2v) is 17.6. The van der Waals surface area contributed by atoms with Crippen LogP contribution in [0.15, 0.2) is 48.8 Å². The van der Waals surface area contributed by atoms with Gasteiger partial charge in [-0.3, -0.25) is 19.2 Å². The SMILES string of the molecule is Cn1c(-c2cn(-c3ccc4c(cc(C(=O)N5CCOCC5)n4C)n3)nc2C(F)(F)F)cnc1C(=O)Nc1ccc(C(=O)N2CCN(C(=O)C3CC[N+](CCCN)(CC(=O)O)CC3)CC2)c(Cl)c1. The van der Waals surface area contributed by atoms with Crippen molar-refractivity contribution >= 4 is 57.9 Å². The average Bonchev–Trinajstić information content (AvgIpc) is 4.03. The van der Waals surface area contributed by atoms with Crippen LogP contribution < -0.4 is 11.1 Å². The minimum absolute atomic E-state index is 0.000534. The lowest BCUT2D eigenvalue weighted by Gasteiger charge is -2.44. The third-order valence-electron chi connectivity index (χ3n) is 13.0. The smallest absolute Gasteiger partial charge is 0.435 e. The number of anilines is 1. The largest absolute Gasteiger partial charge is 0.477 e. The lowest BCUT2D eigenvalue weighted by molar-refractivity contribution is -0.926. The fraction of sp³-hybridized carbons (Fsp3) is 0.455. The summed E-state index contributed by atoms with van der Waals surface area (Å²) in [6, 6.07) is 9.06. The van der Waals surface area contributed by atoms with Gasteiger partial charge in [-0.1, -0.05) is 11.6 Å². The van der Waals surface area contributed by atoms with Crippen LogP contribution in [0.4, 0.5) is 18.9 Å². The van der Waals surface area contributed by atoms with Gasteiger partial charge in [0.15, 0.2) is 23.9 Å². The quantitative estimate of drug-likeness (QED) is 0.154. The first-order valence-electron chi connectivity index (χ1n) is 22.0. The maximum Gasteiger partial charge on any atom is 0.435 e. The van der Waals surface area contributed by atoms with E-state index in [1.54, 1.807) is 38.4 Å². The van der Waals surface area contributed by atoms with Crippen LogP contribution in [0.25, 0.3) is 28.1 Å². The number of fused-ring (bicyclic) bond motifs is 1. The van der Waals surface area contributed by atoms with Gasteiger partial charge < -0.3 is 49.2 Å². The Balaban J connectivity index is 0.909. The molecule has 4 amide bonds. The molecule has 0 unspecified atom stereocenters. The number of carbonyl (C=O) groups is 5. The number of quaternary nitrogens is 1. The van der Waals surface area contributed by atoms with Gasteiger partial charge in [-0.25, -0.2) is 19.4 Å². The first kappa shape index (κ1) is 47.1. The number of nitrogens with one attached hydrogen (secondary N) is 1. The third-order valence-corrected chi connectivity index (χ3v) is 13.3. The molecule has 8 rings (SSSR count). The highest BCUT2D eigenvalue weighted by atomic mass is 35.5. The maximum absolute atomic E-state index is 14.5. The number of likely N-dealkylation sites (tertiary alicyclic amines) is 1. The highest BCUT2D eigenvalue weighted by Gasteiger charge is 2.41. The molecule has 4 aromatic heterocycles. The zero-order chi connectivity index (χ0) is 47.8. The molecule has 0 spiro atoms. The van der Waals surface area contributed by atoms with Gasteiger partial charge >= 0.3 is 12.1 Å². The molecule has 5 aromatic rings. The predicted molar refractivity (Wildman–Crippen MR) is 237 cm³/mol. The van der Waals surface area contributed by atoms with Gasteiger partial charge in [0, 0.05) is 90.4 Å². The molecule has 67 heavy (non-hydrogen) atoms. The molecule has 0 aliphatic carbocycles. The average molecular weight is 952 g/mol. The van der Waals surface area contributed by atoms with Crippen molar-refractivity contribution in [3.05, 3.63) is 76.6 Å². The lowest BCUT2D eigenvalue weighted by atomic mass is 9.92. The van der Waals surface area contributed by atoms with Crippen molar-refractivity contribution < 1.29 is 51.5 Å². The van der Waals surface area contributed by atoms with E-state index in [0.717, 1.165) is 17.1 Å². The molecule has 0 atom stereocenters. The fourth-order valence-corrected chi connectivity index (χ4v) is 9.53. The van der Waals surface area contributed by atoms with E-state index in [4.69, 9.17) is 22.1 Å². The normalized spacial score (nSPS) is 19.2. The van der Waals surface area contributed by atoms with E-state index in [0.29, 0.717) is 106 Å². The van der Waals surface area contributed by atoms with Crippen molar-refractivity contribution in [3.8, 4) is 17.1 Å². The summed E-state index contributed by atoms with van der Waals surface area (Å²) >= 11 is 6.58. The second-order valence-electron chi connectivity index (χ2n) is 17.2. The predicted octanol–water partition coefficient (Wildman–Crippen LogP) is 3.50. The topological polar surface area (TPSA) is 216 Å². The van der Waals surface area contributed by atoms with E-state index in [1.807, 2.05) is 0 Å². The maximum atomic E-state index is 14.5. The molecule has 0 saturated carbocycles. The van der Waals surface area contributed by atoms with Crippen molar-refractivity contribution in [3.63, 3.8) is 0 Å². The van der Waals surface area contributed by atoms with E-state index in [-0.39, 0.29) is 82.4 Å². The molecular weight excluding hydrogens is 901 g/mol. The number of imidazole rings is 1. The number of halogens is 4. The fourth-order valence-electron chi connectivity index (χ4n) is 9.27. The number of carbonyl (C=O) groups excluding carboxylic acids is 4. The summed E-state index contributed by atoms with van der Waals surface area (Å²) in [4.78, 5) is 79.1. The molecule has 0 radical (unpaired) electrons. The number of alkyl halides is 3. The van der Waals surface area contributed by atoms with Crippen LogP contribution in [0.1, 0.15) is 56.4 Å². The standard InChI is InChI=1S/C44H50ClF3N12O7/c1-54-33-6-7-36(52-32(33)23-34(54)43(66)58-15-20-67-21-16-58)59-25-30(38(53-59)44(46,47)48)35-24-50-39(55(35)2)40(63)51-28-4-5-29(31(45)22-28)42(65)57-13-11-56(12-14-57)41(64)27-8-18-60(19-9-27,17-3-10-49)26-37(61)62/h4-7,22-25,27H,3,8-21,26,49H2,1-2H3,(H-,51,61,62,63,65)/p+1. The molecule has 3 fully saturated rings. The summed E-state index contributed by atoms with van der Waals surface area (Å²) < 4.78 is 53.3. The van der Waals surface area contributed by atoms with E-state index in [1.165, 1.54) is 35.9 Å². The Labute approximate surface area is 387 Å². The molecule has 4 N–H and O–H groups in total. The van der Waals surface area contributed by atoms with Crippen LogP contribution in [0.2, 0.25) is 5.02 Å². The van der Waals surface area contributed by atoms with Gasteiger partial charge in [0.25, 0.3) is 17.7 Å². The molecule has 356 valence electrons. The Bertz CT molecular complexity index is 2710. The zero-order valence-corrected chi connectivity index (χ0v) is 37.7. The number of ether oxygens (including phenoxy) is 1. The molecule has 23 heteroatoms. The first-order chi connectivity index (χ1) is 32.0. The minimum atomic E-state index is -4.90. The number of rotatable bonds is 12. The first-order valence-corrected chi connectivity index (χ1v) is 22.3. The van der Waals surface area contributed by atoms with Gasteiger partial charge in [-0.2, -0.15) is 18.3 Å². The van der Waals surface area contributed by atoms with Crippen LogP contribution >= 0.6 is 11.6 Å². The number of morpholine rings is 1. The van der Waals surface area contributed by atoms with Gasteiger partial charge in [-0.05, 0) is 42.9 Å². The Kier molecular flexibility index (Phi) is 13.4. The van der Waals surface area contributed by atoms with Crippen LogP contribution in [0.3, 0.4) is 0 Å². The van der Waals surface area contributed by atoms with Gasteiger partial charge in [0.2, 0.25) is 5.91 Å². The number of aromatic nitrogens is 6. The Morgan fingerprint density at radius 3 is 2.27 bits per heavy atom. The summed E-state index contributed by atoms with van der Waals surface area (Å²) in [5.41, 5.74) is 5.77. The van der Waals surface area contributed by atoms with Crippen LogP contribution in [0.5, 0.6) is 0 Å². The van der Waals surface area contributed by atoms with Crippen LogP contribution in [-0.2, 0) is 34.6 Å². The van der Waals surface area contributed by atoms with Crippen molar-refractivity contribution in [1.82, 2.24) is 43.6 Å². The summed E-state index contributed by atoms with van der Waals surface area (Å²) in [5, 5.41) is 16.1. The van der Waals surface area contributed by atoms with Crippen molar-refractivity contribution in [2.75, 3.05) is 90.5 Å². The number of piperidine rings is 1. The number of aliphatic carboxylic acids is 1. The van der Waals surface area contributed by atoms with Gasteiger partial charge in [-0.15, -0.1) is 0 Å². The van der Waals surface area contributed by atoms with Gasteiger partial charge in [0.05, 0.1) is 71.9 Å². The number of pyridine rings is 1. The molecule has 3 aliphatic heterocycles.